The van der Waals surface area contributed by atoms with E-state index in [9.17, 15) is 4.79 Å². The average Bonchev–Trinajstić information content (AvgIpc) is 2.62. The molecule has 1 aromatic heterocycles. The normalized spacial score (nSPS) is 10.7. The first-order valence-electron chi connectivity index (χ1n) is 8.41. The van der Waals surface area contributed by atoms with Crippen LogP contribution in [0.25, 0.3) is 10.9 Å². The lowest BCUT2D eigenvalue weighted by Gasteiger charge is -2.12. The van der Waals surface area contributed by atoms with E-state index in [1.165, 1.54) is 23.6 Å². The predicted molar refractivity (Wildman–Crippen MR) is 101 cm³/mol. The average molecular weight is 334 g/mol. The number of hydrogen-bond donors (Lipinski definition) is 1. The molecule has 128 valence electrons. The van der Waals surface area contributed by atoms with Crippen LogP contribution in [0.2, 0.25) is 0 Å². The van der Waals surface area contributed by atoms with Gasteiger partial charge in [-0.2, -0.15) is 0 Å². The van der Waals surface area contributed by atoms with E-state index in [1.54, 1.807) is 7.11 Å². The van der Waals surface area contributed by atoms with Crippen LogP contribution in [0.3, 0.4) is 0 Å². The molecule has 0 aliphatic heterocycles. The van der Waals surface area contributed by atoms with Gasteiger partial charge in [0.05, 0.1) is 12.6 Å². The van der Waals surface area contributed by atoms with Gasteiger partial charge in [-0.1, -0.05) is 19.1 Å². The Hall–Kier alpha value is -2.88. The van der Waals surface area contributed by atoms with E-state index in [0.29, 0.717) is 0 Å². The number of fused-ring (bicyclic) bond motifs is 1. The fourth-order valence-electron chi connectivity index (χ4n) is 3.02. The Kier molecular flexibility index (Phi) is 4.98. The zero-order chi connectivity index (χ0) is 17.8. The molecule has 0 saturated heterocycles. The Bertz CT molecular complexity index is 902. The highest BCUT2D eigenvalue weighted by Crippen LogP contribution is 2.28. The summed E-state index contributed by atoms with van der Waals surface area (Å²) in [5.41, 5.74) is 5.37. The lowest BCUT2D eigenvalue weighted by molar-refractivity contribution is -0.114. The molecule has 0 bridgehead atoms. The number of hydrogen-bond acceptors (Lipinski definition) is 3. The zero-order valence-corrected chi connectivity index (χ0v) is 14.8. The summed E-state index contributed by atoms with van der Waals surface area (Å²) in [7, 11) is 1.70. The van der Waals surface area contributed by atoms with E-state index in [-0.39, 0.29) is 5.91 Å². The summed E-state index contributed by atoms with van der Waals surface area (Å²) < 4.78 is 5.47. The van der Waals surface area contributed by atoms with Crippen LogP contribution in [0.15, 0.2) is 48.7 Å². The molecule has 4 heteroatoms. The van der Waals surface area contributed by atoms with Crippen LogP contribution in [0, 0.1) is 0 Å². The quantitative estimate of drug-likeness (QED) is 0.754. The van der Waals surface area contributed by atoms with Crippen LogP contribution in [0.1, 0.15) is 30.5 Å². The number of anilines is 1. The largest absolute Gasteiger partial charge is 0.496 e. The van der Waals surface area contributed by atoms with Crippen molar-refractivity contribution in [2.75, 3.05) is 12.4 Å². The number of carbonyl (C=O) groups is 1. The van der Waals surface area contributed by atoms with Gasteiger partial charge in [-0.25, -0.2) is 0 Å². The molecule has 1 heterocycles. The van der Waals surface area contributed by atoms with Gasteiger partial charge in [-0.3, -0.25) is 9.78 Å². The number of amides is 1. The van der Waals surface area contributed by atoms with Crippen LogP contribution < -0.4 is 10.1 Å². The van der Waals surface area contributed by atoms with Crippen LogP contribution in [0.4, 0.5) is 5.69 Å². The minimum Gasteiger partial charge on any atom is -0.496 e. The molecule has 0 fully saturated rings. The first-order valence-corrected chi connectivity index (χ1v) is 8.41. The minimum atomic E-state index is -0.0612. The third-order valence-corrected chi connectivity index (χ3v) is 4.28. The van der Waals surface area contributed by atoms with Gasteiger partial charge in [0.1, 0.15) is 5.75 Å². The zero-order valence-electron chi connectivity index (χ0n) is 14.8. The molecular weight excluding hydrogens is 312 g/mol. The van der Waals surface area contributed by atoms with E-state index in [4.69, 9.17) is 4.74 Å². The SMILES string of the molecule is CCc1cc2c(Cc3ccc(NC(C)=O)cc3)ccnc2cc1OC. The summed E-state index contributed by atoms with van der Waals surface area (Å²) in [5, 5.41) is 3.95. The van der Waals surface area contributed by atoms with Gasteiger partial charge in [0.2, 0.25) is 5.91 Å². The lowest BCUT2D eigenvalue weighted by atomic mass is 9.98. The molecule has 1 N–H and O–H groups in total. The van der Waals surface area contributed by atoms with E-state index >= 15 is 0 Å². The second kappa shape index (κ2) is 7.34. The summed E-state index contributed by atoms with van der Waals surface area (Å²) in [6, 6.07) is 14.2. The molecule has 25 heavy (non-hydrogen) atoms. The number of carbonyl (C=O) groups excluding carboxylic acids is 1. The molecule has 4 nitrogen and oxygen atoms in total. The summed E-state index contributed by atoms with van der Waals surface area (Å²) in [6.07, 6.45) is 3.57. The number of nitrogens with zero attached hydrogens (tertiary/aromatic N) is 1. The van der Waals surface area contributed by atoms with Crippen molar-refractivity contribution in [2.24, 2.45) is 0 Å². The Balaban J connectivity index is 1.94. The fraction of sp³-hybridized carbons (Fsp3) is 0.238. The maximum Gasteiger partial charge on any atom is 0.221 e. The standard InChI is InChI=1S/C21H22N2O2/c1-4-16-12-19-17(9-10-22-20(19)13-21(16)25-3)11-15-5-7-18(8-6-15)23-14(2)24/h5-10,12-13H,4,11H2,1-3H3,(H,23,24). The van der Waals surface area contributed by atoms with Crippen molar-refractivity contribution in [1.29, 1.82) is 0 Å². The highest BCUT2D eigenvalue weighted by Gasteiger charge is 2.09. The van der Waals surface area contributed by atoms with Gasteiger partial charge >= 0.3 is 0 Å². The monoisotopic (exact) mass is 334 g/mol. The van der Waals surface area contributed by atoms with Crippen molar-refractivity contribution in [3.05, 3.63) is 65.4 Å². The predicted octanol–water partition coefficient (Wildman–Crippen LogP) is 4.36. The van der Waals surface area contributed by atoms with Crippen molar-refractivity contribution >= 4 is 22.5 Å². The number of ether oxygens (including phenoxy) is 1. The molecule has 0 aliphatic rings. The van der Waals surface area contributed by atoms with E-state index < -0.39 is 0 Å². The molecule has 0 saturated carbocycles. The Morgan fingerprint density at radius 3 is 2.52 bits per heavy atom. The molecule has 3 rings (SSSR count). The van der Waals surface area contributed by atoms with E-state index in [1.807, 2.05) is 36.5 Å². The van der Waals surface area contributed by atoms with Gasteiger partial charge in [0, 0.05) is 30.3 Å². The summed E-state index contributed by atoms with van der Waals surface area (Å²) >= 11 is 0. The molecule has 0 unspecified atom stereocenters. The number of pyridine rings is 1. The molecule has 0 spiro atoms. The minimum absolute atomic E-state index is 0.0612. The van der Waals surface area contributed by atoms with Gasteiger partial charge in [-0.05, 0) is 53.8 Å². The third kappa shape index (κ3) is 3.79. The lowest BCUT2D eigenvalue weighted by Crippen LogP contribution is -2.05. The molecule has 0 atom stereocenters. The summed E-state index contributed by atoms with van der Waals surface area (Å²) in [4.78, 5) is 15.6. The van der Waals surface area contributed by atoms with E-state index in [0.717, 1.165) is 35.2 Å². The highest BCUT2D eigenvalue weighted by atomic mass is 16.5. The topological polar surface area (TPSA) is 51.2 Å². The van der Waals surface area contributed by atoms with Gasteiger partial charge in [-0.15, -0.1) is 0 Å². The summed E-state index contributed by atoms with van der Waals surface area (Å²) in [6.45, 7) is 3.64. The Labute approximate surface area is 147 Å². The first kappa shape index (κ1) is 17.0. The van der Waals surface area contributed by atoms with Crippen molar-refractivity contribution in [3.63, 3.8) is 0 Å². The second-order valence-corrected chi connectivity index (χ2v) is 6.06. The van der Waals surface area contributed by atoms with Gasteiger partial charge in [0.15, 0.2) is 0 Å². The maximum atomic E-state index is 11.1. The van der Waals surface area contributed by atoms with Crippen molar-refractivity contribution < 1.29 is 9.53 Å². The number of nitrogens with one attached hydrogen (secondary N) is 1. The molecule has 0 aliphatic carbocycles. The first-order chi connectivity index (χ1) is 12.1. The summed E-state index contributed by atoms with van der Waals surface area (Å²) in [5.74, 6) is 0.827. The smallest absolute Gasteiger partial charge is 0.221 e. The maximum absolute atomic E-state index is 11.1. The highest BCUT2D eigenvalue weighted by molar-refractivity contribution is 5.88. The third-order valence-electron chi connectivity index (χ3n) is 4.28. The van der Waals surface area contributed by atoms with Gasteiger partial charge < -0.3 is 10.1 Å². The second-order valence-electron chi connectivity index (χ2n) is 6.06. The van der Waals surface area contributed by atoms with Crippen molar-refractivity contribution in [1.82, 2.24) is 4.98 Å². The van der Waals surface area contributed by atoms with Gasteiger partial charge in [0.25, 0.3) is 0 Å². The van der Waals surface area contributed by atoms with Crippen LogP contribution >= 0.6 is 0 Å². The molecule has 2 aromatic carbocycles. The molecule has 3 aromatic rings. The van der Waals surface area contributed by atoms with E-state index in [2.05, 4.69) is 29.4 Å². The van der Waals surface area contributed by atoms with Crippen LogP contribution in [-0.4, -0.2) is 18.0 Å². The Morgan fingerprint density at radius 2 is 1.88 bits per heavy atom. The van der Waals surface area contributed by atoms with Crippen LogP contribution in [-0.2, 0) is 17.6 Å². The Morgan fingerprint density at radius 1 is 1.12 bits per heavy atom. The number of aryl methyl sites for hydroxylation is 1. The van der Waals surface area contributed by atoms with Crippen LogP contribution in [0.5, 0.6) is 5.75 Å². The molecule has 0 radical (unpaired) electrons. The van der Waals surface area contributed by atoms with Crippen molar-refractivity contribution in [2.45, 2.75) is 26.7 Å². The number of methoxy groups -OCH3 is 1. The fourth-order valence-corrected chi connectivity index (χ4v) is 3.02. The molecule has 1 amide bonds. The number of benzene rings is 2. The number of aromatic nitrogens is 1. The number of rotatable bonds is 5. The van der Waals surface area contributed by atoms with Crippen molar-refractivity contribution in [3.8, 4) is 5.75 Å². The molecular formula is C21H22N2O2.